The molecular weight excluding hydrogens is 322 g/mol. The molecule has 1 aromatic rings. The molecule has 0 amide bonds. The first-order chi connectivity index (χ1) is 8.03. The van der Waals surface area contributed by atoms with Gasteiger partial charge in [0.25, 0.3) is 0 Å². The molecule has 98 valence electrons. The maximum atomic E-state index is 6.61. The van der Waals surface area contributed by atoms with E-state index in [1.165, 1.54) is 0 Å². The molecule has 1 rings (SSSR count). The average molecular weight is 342 g/mol. The van der Waals surface area contributed by atoms with E-state index in [1.54, 1.807) is 7.11 Å². The normalized spacial score (nSPS) is 14.6. The van der Waals surface area contributed by atoms with Gasteiger partial charge in [-0.15, -0.1) is 0 Å². The number of benzene rings is 1. The third-order valence-electron chi connectivity index (χ3n) is 2.79. The number of halogens is 2. The van der Waals surface area contributed by atoms with Gasteiger partial charge in [-0.25, -0.2) is 0 Å². The molecule has 1 atom stereocenters. The number of hydrogen-bond donors (Lipinski definition) is 0. The van der Waals surface area contributed by atoms with Crippen molar-refractivity contribution in [1.82, 2.24) is 0 Å². The van der Waals surface area contributed by atoms with Gasteiger partial charge in [0.15, 0.2) is 0 Å². The molecule has 0 aromatic heterocycles. The molecule has 0 saturated heterocycles. The van der Waals surface area contributed by atoms with E-state index in [0.717, 1.165) is 28.2 Å². The van der Waals surface area contributed by atoms with Gasteiger partial charge in [0.1, 0.15) is 0 Å². The van der Waals surface area contributed by atoms with Gasteiger partial charge in [0.2, 0.25) is 0 Å². The van der Waals surface area contributed by atoms with Gasteiger partial charge < -0.3 is 0 Å². The van der Waals surface area contributed by atoms with Crippen LogP contribution in [0.2, 0.25) is 5.32 Å². The molecule has 0 saturated carbocycles. The number of unbranched alkanes of at least 4 members (excludes halogenated alkanes) is 1. The summed E-state index contributed by atoms with van der Waals surface area (Å²) in [6.45, 7) is 4.18. The van der Waals surface area contributed by atoms with Gasteiger partial charge in [-0.05, 0) is 0 Å². The first-order valence-electron chi connectivity index (χ1n) is 5.85. The van der Waals surface area contributed by atoms with Crippen LogP contribution in [0.15, 0.2) is 24.3 Å². The molecule has 0 fully saturated rings. The Morgan fingerprint density at radius 2 is 1.94 bits per heavy atom. The third-order valence-corrected chi connectivity index (χ3v) is 9.93. The molecule has 1 aromatic carbocycles. The van der Waals surface area contributed by atoms with E-state index < -0.39 is 11.0 Å². The van der Waals surface area contributed by atoms with Crippen LogP contribution in [0.3, 0.4) is 0 Å². The summed E-state index contributed by atoms with van der Waals surface area (Å²) in [6, 6.07) is 8.13. The Morgan fingerprint density at radius 3 is 2.53 bits per heavy atom. The van der Waals surface area contributed by atoms with Crippen molar-refractivity contribution in [2.45, 2.75) is 38.1 Å². The Kier molecular flexibility index (Phi) is 6.33. The fraction of sp³-hybridized carbons (Fsp3) is 0.538. The monoisotopic (exact) mass is 342 g/mol. The van der Waals surface area contributed by atoms with Crippen molar-refractivity contribution in [2.24, 2.45) is 0 Å². The Labute approximate surface area is 115 Å². The Hall–Kier alpha value is 0.279. The molecule has 0 unspecified atom stereocenters. The van der Waals surface area contributed by atoms with Crippen molar-refractivity contribution in [3.05, 3.63) is 29.8 Å². The third kappa shape index (κ3) is 4.15. The number of hydrogen-bond acceptors (Lipinski definition) is 1. The van der Waals surface area contributed by atoms with Crippen LogP contribution in [0.25, 0.3) is 0 Å². The molecular formula is C13H20Cl2OSe. The van der Waals surface area contributed by atoms with Gasteiger partial charge in [0.05, 0.1) is 0 Å². The zero-order chi connectivity index (χ0) is 12.9. The first kappa shape index (κ1) is 15.3. The molecule has 0 bridgehead atoms. The van der Waals surface area contributed by atoms with Gasteiger partial charge in [-0.1, -0.05) is 0 Å². The van der Waals surface area contributed by atoms with Crippen molar-refractivity contribution in [2.75, 3.05) is 7.11 Å². The van der Waals surface area contributed by atoms with Crippen molar-refractivity contribution in [3.63, 3.8) is 0 Å². The van der Waals surface area contributed by atoms with Gasteiger partial charge in [-0.3, -0.25) is 0 Å². The van der Waals surface area contributed by atoms with Crippen LogP contribution in [0.1, 0.15) is 38.4 Å². The number of rotatable bonds is 6. The predicted molar refractivity (Wildman–Crippen MR) is 78.7 cm³/mol. The molecule has 0 heterocycles. The fourth-order valence-electron chi connectivity index (χ4n) is 1.65. The molecule has 1 nitrogen and oxygen atoms in total. The van der Waals surface area contributed by atoms with Crippen LogP contribution in [-0.4, -0.2) is 18.1 Å². The second-order valence-corrected chi connectivity index (χ2v) is 14.5. The van der Waals surface area contributed by atoms with Crippen LogP contribution in [0.4, 0.5) is 0 Å². The quantitative estimate of drug-likeness (QED) is 0.700. The van der Waals surface area contributed by atoms with Gasteiger partial charge in [0, 0.05) is 0 Å². The fourth-order valence-corrected chi connectivity index (χ4v) is 7.87. The molecule has 0 aliphatic carbocycles. The van der Waals surface area contributed by atoms with E-state index in [4.69, 9.17) is 24.9 Å². The summed E-state index contributed by atoms with van der Waals surface area (Å²) in [5, 5.41) is 0.920. The molecule has 0 radical (unpaired) electrons. The summed E-state index contributed by atoms with van der Waals surface area (Å²) in [5.41, 5.74) is 1.14. The topological polar surface area (TPSA) is 9.23 Å². The van der Waals surface area contributed by atoms with Crippen molar-refractivity contribution >= 4 is 35.7 Å². The zero-order valence-electron chi connectivity index (χ0n) is 10.6. The summed E-state index contributed by atoms with van der Waals surface area (Å²) in [7, 11) is 14.9. The van der Waals surface area contributed by atoms with Crippen molar-refractivity contribution < 1.29 is 4.74 Å². The minimum atomic E-state index is -2.55. The predicted octanol–water partition coefficient (Wildman–Crippen LogP) is 4.32. The second-order valence-electron chi connectivity index (χ2n) is 4.05. The molecule has 0 N–H and O–H groups in total. The average Bonchev–Trinajstić information content (AvgIpc) is 2.35. The zero-order valence-corrected chi connectivity index (χ0v) is 13.8. The van der Waals surface area contributed by atoms with E-state index >= 15 is 0 Å². The van der Waals surface area contributed by atoms with Crippen molar-refractivity contribution in [3.8, 4) is 0 Å². The standard InChI is InChI=1S/C13H20Cl2OSe/c1-4-5-10-17(14,15)13-9-7-6-8-12(13)11(2)16-3/h6-9,11H,4-5,10H2,1-3H3/t11-/m0/s1. The summed E-state index contributed by atoms with van der Waals surface area (Å²) in [5.74, 6) is 0. The summed E-state index contributed by atoms with van der Waals surface area (Å²) >= 11 is -2.55. The minimum absolute atomic E-state index is 0.0434. The molecule has 4 heteroatoms. The first-order valence-corrected chi connectivity index (χ1v) is 12.4. The molecule has 0 aliphatic rings. The Morgan fingerprint density at radius 1 is 1.29 bits per heavy atom. The summed E-state index contributed by atoms with van der Waals surface area (Å²) < 4.78 is 6.50. The molecule has 0 spiro atoms. The van der Waals surface area contributed by atoms with Crippen LogP contribution in [0, 0.1) is 0 Å². The molecule has 0 aliphatic heterocycles. The van der Waals surface area contributed by atoms with Gasteiger partial charge in [-0.2, -0.15) is 0 Å². The van der Waals surface area contributed by atoms with E-state index in [-0.39, 0.29) is 6.10 Å². The Bertz CT molecular complexity index is 355. The van der Waals surface area contributed by atoms with Crippen LogP contribution in [-0.2, 0) is 4.74 Å². The van der Waals surface area contributed by atoms with E-state index in [9.17, 15) is 0 Å². The Balaban J connectivity index is 3.03. The van der Waals surface area contributed by atoms with Crippen molar-refractivity contribution in [1.29, 1.82) is 0 Å². The second kappa shape index (κ2) is 7.01. The van der Waals surface area contributed by atoms with E-state index in [2.05, 4.69) is 19.1 Å². The summed E-state index contributed by atoms with van der Waals surface area (Å²) in [6.07, 6.45) is 2.25. The van der Waals surface area contributed by atoms with Gasteiger partial charge >= 0.3 is 115 Å². The number of methoxy groups -OCH3 is 1. The molecule has 17 heavy (non-hydrogen) atoms. The number of ether oxygens (including phenoxy) is 1. The maximum absolute atomic E-state index is 6.61. The van der Waals surface area contributed by atoms with Crippen LogP contribution < -0.4 is 4.46 Å². The SMILES string of the molecule is CCCC[Se](Cl)(Cl)c1ccccc1[C@H](C)OC. The van der Waals surface area contributed by atoms with Crippen LogP contribution >= 0.6 is 20.2 Å². The van der Waals surface area contributed by atoms with E-state index in [1.807, 2.05) is 19.1 Å². The summed E-state index contributed by atoms with van der Waals surface area (Å²) in [4.78, 5) is 0. The van der Waals surface area contributed by atoms with Crippen LogP contribution in [0.5, 0.6) is 0 Å². The van der Waals surface area contributed by atoms with E-state index in [0.29, 0.717) is 0 Å².